The summed E-state index contributed by atoms with van der Waals surface area (Å²) in [6, 6.07) is 8.30. The number of aliphatic hydroxyl groups is 1. The molecule has 6 nitrogen and oxygen atoms in total. The molecule has 3 N–H and O–H groups in total. The van der Waals surface area contributed by atoms with E-state index >= 15 is 0 Å². The van der Waals surface area contributed by atoms with Crippen molar-refractivity contribution in [1.82, 2.24) is 5.32 Å². The molecule has 0 bridgehead atoms. The molecule has 1 aromatic heterocycles. The Morgan fingerprint density at radius 3 is 2.52 bits per heavy atom. The van der Waals surface area contributed by atoms with E-state index in [9.17, 15) is 14.4 Å². The highest BCUT2D eigenvalue weighted by atomic mass is 35.5. The molecular formula is C18H18Cl2N2O4S. The Hall–Kier alpha value is -1.93. The van der Waals surface area contributed by atoms with Crippen molar-refractivity contribution in [1.29, 1.82) is 0 Å². The zero-order chi connectivity index (χ0) is 19.8. The van der Waals surface area contributed by atoms with E-state index in [2.05, 4.69) is 10.6 Å². The second-order valence-electron chi connectivity index (χ2n) is 5.52. The molecule has 1 aromatic carbocycles. The number of ketones is 1. The van der Waals surface area contributed by atoms with Gasteiger partial charge in [-0.15, -0.1) is 22.9 Å². The molecule has 0 saturated carbocycles. The number of aliphatic hydroxyl groups excluding tert-OH is 1. The molecule has 0 aliphatic heterocycles. The van der Waals surface area contributed by atoms with Gasteiger partial charge in [0, 0.05) is 23.4 Å². The highest BCUT2D eigenvalue weighted by Gasteiger charge is 2.21. The first-order valence-electron chi connectivity index (χ1n) is 8.11. The van der Waals surface area contributed by atoms with Crippen LogP contribution in [0.25, 0.3) is 0 Å². The SMILES string of the molecule is O=C(CCc1cc(C(=O)c2ccccc2Cl)c(NC(=O)CCl)s1)NCCO. The van der Waals surface area contributed by atoms with Crippen molar-refractivity contribution in [3.63, 3.8) is 0 Å². The van der Waals surface area contributed by atoms with E-state index in [1.807, 2.05) is 0 Å². The number of anilines is 1. The minimum Gasteiger partial charge on any atom is -0.395 e. The lowest BCUT2D eigenvalue weighted by atomic mass is 10.0. The molecule has 0 atom stereocenters. The van der Waals surface area contributed by atoms with Crippen molar-refractivity contribution in [2.45, 2.75) is 12.8 Å². The van der Waals surface area contributed by atoms with Crippen molar-refractivity contribution in [3.8, 4) is 0 Å². The fourth-order valence-corrected chi connectivity index (χ4v) is 3.66. The van der Waals surface area contributed by atoms with Gasteiger partial charge in [-0.3, -0.25) is 14.4 Å². The molecule has 2 aromatic rings. The third-order valence-corrected chi connectivity index (χ3v) is 5.24. The van der Waals surface area contributed by atoms with E-state index in [0.717, 1.165) is 4.88 Å². The number of halogens is 2. The number of carbonyl (C=O) groups is 3. The Morgan fingerprint density at radius 1 is 1.11 bits per heavy atom. The zero-order valence-corrected chi connectivity index (χ0v) is 16.6. The maximum atomic E-state index is 12.9. The van der Waals surface area contributed by atoms with Gasteiger partial charge in [-0.2, -0.15) is 0 Å². The number of carbonyl (C=O) groups excluding carboxylic acids is 3. The number of benzene rings is 1. The normalized spacial score (nSPS) is 10.5. The summed E-state index contributed by atoms with van der Waals surface area (Å²) in [5, 5.41) is 14.6. The predicted molar refractivity (Wildman–Crippen MR) is 107 cm³/mol. The zero-order valence-electron chi connectivity index (χ0n) is 14.3. The number of nitrogens with one attached hydrogen (secondary N) is 2. The highest BCUT2D eigenvalue weighted by molar-refractivity contribution is 7.16. The number of alkyl halides is 1. The van der Waals surface area contributed by atoms with Gasteiger partial charge in [0.1, 0.15) is 10.9 Å². The molecule has 0 aliphatic rings. The molecule has 0 fully saturated rings. The molecule has 2 rings (SSSR count). The van der Waals surface area contributed by atoms with Gasteiger partial charge in [-0.1, -0.05) is 23.7 Å². The minimum atomic E-state index is -0.432. The van der Waals surface area contributed by atoms with Gasteiger partial charge in [-0.25, -0.2) is 0 Å². The van der Waals surface area contributed by atoms with Crippen molar-refractivity contribution in [3.05, 3.63) is 51.4 Å². The first kappa shape index (κ1) is 21.4. The summed E-state index contributed by atoms with van der Waals surface area (Å²) < 4.78 is 0. The third-order valence-electron chi connectivity index (χ3n) is 3.55. The Kier molecular flexibility index (Phi) is 8.24. The Labute approximate surface area is 170 Å². The molecule has 0 unspecified atom stereocenters. The van der Waals surface area contributed by atoms with Crippen LogP contribution in [0, 0.1) is 0 Å². The van der Waals surface area contributed by atoms with Gasteiger partial charge in [0.25, 0.3) is 0 Å². The second-order valence-corrected chi connectivity index (χ2v) is 7.33. The standard InChI is InChI=1S/C18H18Cl2N2O4S/c19-10-16(25)22-18-13(17(26)12-3-1-2-4-14(12)20)9-11(27-18)5-6-15(24)21-7-8-23/h1-4,9,23H,5-8,10H2,(H,21,24)(H,22,25). The summed E-state index contributed by atoms with van der Waals surface area (Å²) in [7, 11) is 0. The fourth-order valence-electron chi connectivity index (χ4n) is 2.30. The minimum absolute atomic E-state index is 0.129. The molecule has 0 saturated heterocycles. The predicted octanol–water partition coefficient (Wildman–Crippen LogP) is 2.85. The van der Waals surface area contributed by atoms with Gasteiger partial charge >= 0.3 is 0 Å². The Morgan fingerprint density at radius 2 is 1.85 bits per heavy atom. The van der Waals surface area contributed by atoms with Crippen molar-refractivity contribution >= 4 is 57.1 Å². The van der Waals surface area contributed by atoms with Crippen LogP contribution in [0.4, 0.5) is 5.00 Å². The number of rotatable bonds is 9. The van der Waals surface area contributed by atoms with Crippen LogP contribution in [0.2, 0.25) is 5.02 Å². The van der Waals surface area contributed by atoms with Crippen LogP contribution in [-0.2, 0) is 16.0 Å². The van der Waals surface area contributed by atoms with Gasteiger partial charge in [0.2, 0.25) is 11.8 Å². The van der Waals surface area contributed by atoms with Crippen molar-refractivity contribution in [2.24, 2.45) is 0 Å². The van der Waals surface area contributed by atoms with Gasteiger partial charge < -0.3 is 15.7 Å². The maximum absolute atomic E-state index is 12.9. The average molecular weight is 429 g/mol. The molecule has 0 spiro atoms. The monoisotopic (exact) mass is 428 g/mol. The van der Waals surface area contributed by atoms with E-state index in [1.54, 1.807) is 30.3 Å². The summed E-state index contributed by atoms with van der Waals surface area (Å²) in [5.74, 6) is -1.20. The quantitative estimate of drug-likeness (QED) is 0.422. The number of hydrogen-bond donors (Lipinski definition) is 3. The number of thiophene rings is 1. The summed E-state index contributed by atoms with van der Waals surface area (Å²) in [4.78, 5) is 37.0. The summed E-state index contributed by atoms with van der Waals surface area (Å²) in [6.07, 6.45) is 0.588. The number of hydrogen-bond acceptors (Lipinski definition) is 5. The molecule has 2 amide bonds. The first-order valence-corrected chi connectivity index (χ1v) is 9.84. The van der Waals surface area contributed by atoms with Crippen LogP contribution in [0.15, 0.2) is 30.3 Å². The molecule has 9 heteroatoms. The van der Waals surface area contributed by atoms with Crippen LogP contribution < -0.4 is 10.6 Å². The van der Waals surface area contributed by atoms with E-state index < -0.39 is 5.91 Å². The maximum Gasteiger partial charge on any atom is 0.239 e. The molecule has 0 radical (unpaired) electrons. The smallest absolute Gasteiger partial charge is 0.239 e. The second kappa shape index (κ2) is 10.4. The molecule has 144 valence electrons. The lowest BCUT2D eigenvalue weighted by Gasteiger charge is -2.05. The van der Waals surface area contributed by atoms with Crippen LogP contribution in [-0.4, -0.2) is 41.7 Å². The summed E-state index contributed by atoms with van der Waals surface area (Å²) >= 11 is 12.9. The lowest BCUT2D eigenvalue weighted by Crippen LogP contribution is -2.26. The topological polar surface area (TPSA) is 95.5 Å². The van der Waals surface area contributed by atoms with Gasteiger partial charge in [0.05, 0.1) is 17.2 Å². The van der Waals surface area contributed by atoms with Crippen LogP contribution in [0.3, 0.4) is 0 Å². The van der Waals surface area contributed by atoms with E-state index in [-0.39, 0.29) is 37.1 Å². The van der Waals surface area contributed by atoms with E-state index in [4.69, 9.17) is 28.3 Å². The largest absolute Gasteiger partial charge is 0.395 e. The first-order chi connectivity index (χ1) is 13.0. The Bertz CT molecular complexity index is 839. The molecule has 0 aliphatic carbocycles. The van der Waals surface area contributed by atoms with E-state index in [1.165, 1.54) is 11.3 Å². The van der Waals surface area contributed by atoms with Crippen LogP contribution in [0.1, 0.15) is 27.2 Å². The number of aryl methyl sites for hydroxylation is 1. The average Bonchev–Trinajstić information content (AvgIpc) is 3.07. The van der Waals surface area contributed by atoms with Gasteiger partial charge in [0.15, 0.2) is 5.78 Å². The molecule has 1 heterocycles. The number of amides is 2. The van der Waals surface area contributed by atoms with E-state index in [0.29, 0.717) is 27.6 Å². The van der Waals surface area contributed by atoms with Crippen LogP contribution in [0.5, 0.6) is 0 Å². The third kappa shape index (κ3) is 6.04. The molecule has 27 heavy (non-hydrogen) atoms. The Balaban J connectivity index is 2.24. The summed E-state index contributed by atoms with van der Waals surface area (Å²) in [5.41, 5.74) is 0.628. The van der Waals surface area contributed by atoms with Crippen LogP contribution >= 0.6 is 34.5 Å². The fraction of sp³-hybridized carbons (Fsp3) is 0.278. The highest BCUT2D eigenvalue weighted by Crippen LogP contribution is 2.32. The molecular weight excluding hydrogens is 411 g/mol. The van der Waals surface area contributed by atoms with Crippen molar-refractivity contribution < 1.29 is 19.5 Å². The summed E-state index contributed by atoms with van der Waals surface area (Å²) in [6.45, 7) is 0.0619. The van der Waals surface area contributed by atoms with Crippen molar-refractivity contribution in [2.75, 3.05) is 24.3 Å². The lowest BCUT2D eigenvalue weighted by molar-refractivity contribution is -0.121. The van der Waals surface area contributed by atoms with Gasteiger partial charge in [-0.05, 0) is 24.6 Å².